The van der Waals surface area contributed by atoms with Crippen molar-refractivity contribution in [2.45, 2.75) is 87.0 Å². The molecule has 240 valence electrons. The van der Waals surface area contributed by atoms with Gasteiger partial charge in [0.15, 0.2) is 5.54 Å². The lowest BCUT2D eigenvalue weighted by molar-refractivity contribution is -0.202. The number of nitrogens with one attached hydrogen (secondary N) is 2. The number of unbranched alkanes of at least 4 members (excludes halogenated alkanes) is 2. The minimum atomic E-state index is -5.07. The van der Waals surface area contributed by atoms with Gasteiger partial charge in [0.1, 0.15) is 11.3 Å². The fourth-order valence-corrected chi connectivity index (χ4v) is 6.36. The Morgan fingerprint density at radius 2 is 1.70 bits per heavy atom. The molecule has 9 nitrogen and oxygen atoms in total. The molecule has 2 saturated carbocycles. The molecule has 5 rings (SSSR count). The highest BCUT2D eigenvalue weighted by Crippen LogP contribution is 2.49. The molecular formula is C28H30F6N4O5S. The van der Waals surface area contributed by atoms with Crippen molar-refractivity contribution in [2.75, 3.05) is 6.61 Å². The average Bonchev–Trinajstić information content (AvgIpc) is 3.87. The summed E-state index contributed by atoms with van der Waals surface area (Å²) >= 11 is 0. The van der Waals surface area contributed by atoms with E-state index in [1.54, 1.807) is 0 Å². The molecule has 1 aromatic heterocycles. The Balaban J connectivity index is 1.42. The summed E-state index contributed by atoms with van der Waals surface area (Å²) in [5, 5.41) is 5.46. The third kappa shape index (κ3) is 7.05. The van der Waals surface area contributed by atoms with E-state index in [1.807, 2.05) is 10.0 Å². The summed E-state index contributed by atoms with van der Waals surface area (Å²) in [6.45, 7) is 0.0527. The van der Waals surface area contributed by atoms with E-state index < -0.39 is 63.4 Å². The van der Waals surface area contributed by atoms with Crippen LogP contribution in [0.1, 0.15) is 75.1 Å². The van der Waals surface area contributed by atoms with E-state index in [1.165, 1.54) is 29.1 Å². The van der Waals surface area contributed by atoms with Crippen molar-refractivity contribution >= 4 is 27.4 Å². The number of halogens is 6. The number of alkyl halides is 6. The monoisotopic (exact) mass is 648 g/mol. The molecule has 2 aliphatic carbocycles. The van der Waals surface area contributed by atoms with Gasteiger partial charge in [-0.1, -0.05) is 12.1 Å². The number of sulfonamides is 1. The highest BCUT2D eigenvalue weighted by atomic mass is 32.2. The molecule has 1 aliphatic heterocycles. The molecule has 44 heavy (non-hydrogen) atoms. The van der Waals surface area contributed by atoms with E-state index >= 15 is 0 Å². The standard InChI is InChI=1S/C28H30F6N4O5S/c29-27(30,31)13-2-1-3-15-43-19-8-4-17(5-9-19)26(28(32,33)34)16-21(22-12-14-38(36-22)18-6-7-18)23(24(39)35-26)25(40)37-44(41,42)20-10-11-20/h4-5,8-9,12,14,18,20H,1-3,6-7,10-11,13,15-16H2,(H,35,39)(H,37,40)/t26-/m0/s1. The number of hydrogen-bond acceptors (Lipinski definition) is 6. The minimum Gasteiger partial charge on any atom is -0.494 e. The zero-order valence-corrected chi connectivity index (χ0v) is 24.1. The van der Waals surface area contributed by atoms with Gasteiger partial charge >= 0.3 is 12.4 Å². The maximum Gasteiger partial charge on any atom is 0.416 e. The van der Waals surface area contributed by atoms with Crippen LogP contribution in [0.4, 0.5) is 26.3 Å². The van der Waals surface area contributed by atoms with Gasteiger partial charge in [0.05, 0.1) is 23.6 Å². The third-order valence-corrected chi connectivity index (χ3v) is 9.58. The Bertz CT molecular complexity index is 1540. The molecule has 1 atom stereocenters. The molecule has 2 heterocycles. The van der Waals surface area contributed by atoms with Crippen LogP contribution in [0.3, 0.4) is 0 Å². The molecule has 3 aliphatic rings. The highest BCUT2D eigenvalue weighted by molar-refractivity contribution is 7.91. The molecule has 2 fully saturated rings. The molecule has 2 amide bonds. The number of carbonyl (C=O) groups excluding carboxylic acids is 2. The lowest BCUT2D eigenvalue weighted by Crippen LogP contribution is -2.60. The maximum atomic E-state index is 14.9. The second kappa shape index (κ2) is 11.7. The second-order valence-corrected chi connectivity index (χ2v) is 13.2. The number of carbonyl (C=O) groups is 2. The van der Waals surface area contributed by atoms with Crippen molar-refractivity contribution in [2.24, 2.45) is 0 Å². The van der Waals surface area contributed by atoms with Crippen LogP contribution in [-0.2, 0) is 25.2 Å². The molecular weight excluding hydrogens is 618 g/mol. The van der Waals surface area contributed by atoms with Crippen LogP contribution in [-0.4, -0.2) is 54.2 Å². The quantitative estimate of drug-likeness (QED) is 0.189. The van der Waals surface area contributed by atoms with Gasteiger partial charge in [-0.15, -0.1) is 0 Å². The van der Waals surface area contributed by atoms with Gasteiger partial charge in [-0.05, 0) is 68.7 Å². The highest BCUT2D eigenvalue weighted by Gasteiger charge is 2.60. The zero-order chi connectivity index (χ0) is 31.9. The second-order valence-electron chi connectivity index (χ2n) is 11.3. The van der Waals surface area contributed by atoms with Crippen LogP contribution in [0, 0.1) is 0 Å². The van der Waals surface area contributed by atoms with Gasteiger partial charge in [0.25, 0.3) is 11.8 Å². The first-order valence-electron chi connectivity index (χ1n) is 14.1. The topological polar surface area (TPSA) is 119 Å². The van der Waals surface area contributed by atoms with E-state index in [9.17, 15) is 44.3 Å². The molecule has 0 radical (unpaired) electrons. The lowest BCUT2D eigenvalue weighted by Gasteiger charge is -2.41. The SMILES string of the molecule is O=C1N[C@@](c2ccc(OCCCCCC(F)(F)F)cc2)(C(F)(F)F)CC(c2ccn(C3CC3)n2)=C1C(=O)NS(=O)(=O)C1CC1. The van der Waals surface area contributed by atoms with E-state index in [0.29, 0.717) is 19.3 Å². The molecule has 2 N–H and O–H groups in total. The van der Waals surface area contributed by atoms with E-state index in [-0.39, 0.29) is 48.1 Å². The fourth-order valence-electron chi connectivity index (χ4n) is 5.07. The zero-order valence-electron chi connectivity index (χ0n) is 23.3. The molecule has 0 saturated heterocycles. The average molecular weight is 649 g/mol. The van der Waals surface area contributed by atoms with Gasteiger partial charge in [-0.2, -0.15) is 31.4 Å². The van der Waals surface area contributed by atoms with Crippen molar-refractivity contribution in [3.63, 3.8) is 0 Å². The van der Waals surface area contributed by atoms with E-state index in [4.69, 9.17) is 4.74 Å². The summed E-state index contributed by atoms with van der Waals surface area (Å²) in [6.07, 6.45) is -6.89. The van der Waals surface area contributed by atoms with Crippen molar-refractivity contribution in [1.82, 2.24) is 19.8 Å². The lowest BCUT2D eigenvalue weighted by atomic mass is 9.77. The molecule has 2 aromatic rings. The van der Waals surface area contributed by atoms with Crippen LogP contribution in [0.2, 0.25) is 0 Å². The predicted octanol–water partition coefficient (Wildman–Crippen LogP) is 5.06. The Morgan fingerprint density at radius 1 is 1.02 bits per heavy atom. The van der Waals surface area contributed by atoms with Crippen LogP contribution in [0.25, 0.3) is 5.57 Å². The number of rotatable bonds is 12. The van der Waals surface area contributed by atoms with Crippen molar-refractivity contribution < 1.29 is 49.1 Å². The summed E-state index contributed by atoms with van der Waals surface area (Å²) in [4.78, 5) is 26.5. The predicted molar refractivity (Wildman–Crippen MR) is 144 cm³/mol. The summed E-state index contributed by atoms with van der Waals surface area (Å²) in [5.74, 6) is -2.57. The van der Waals surface area contributed by atoms with E-state index in [0.717, 1.165) is 25.0 Å². The summed E-state index contributed by atoms with van der Waals surface area (Å²) in [5.41, 5.74) is -4.55. The molecule has 1 aromatic carbocycles. The number of benzene rings is 1. The fraction of sp³-hybridized carbons (Fsp3) is 0.536. The maximum absolute atomic E-state index is 14.9. The van der Waals surface area contributed by atoms with Crippen LogP contribution in [0.15, 0.2) is 42.1 Å². The Hall–Kier alpha value is -3.56. The summed E-state index contributed by atoms with van der Waals surface area (Å²) in [6, 6.07) is 6.15. The Kier molecular flexibility index (Phi) is 8.50. The first-order chi connectivity index (χ1) is 20.6. The first-order valence-corrected chi connectivity index (χ1v) is 15.7. The number of aromatic nitrogens is 2. The van der Waals surface area contributed by atoms with Crippen LogP contribution >= 0.6 is 0 Å². The summed E-state index contributed by atoms with van der Waals surface area (Å²) in [7, 11) is -4.12. The van der Waals surface area contributed by atoms with Gasteiger partial charge < -0.3 is 10.1 Å². The number of amides is 2. The minimum absolute atomic E-state index is 0.0406. The number of ether oxygens (including phenoxy) is 1. The number of nitrogens with zero attached hydrogens (tertiary/aromatic N) is 2. The number of hydrogen-bond donors (Lipinski definition) is 2. The van der Waals surface area contributed by atoms with Crippen molar-refractivity contribution in [3.8, 4) is 5.75 Å². The largest absolute Gasteiger partial charge is 0.494 e. The normalized spacial score (nSPS) is 21.3. The van der Waals surface area contributed by atoms with Gasteiger partial charge in [0.2, 0.25) is 10.0 Å². The van der Waals surface area contributed by atoms with Crippen LogP contribution < -0.4 is 14.8 Å². The first kappa shape index (κ1) is 31.9. The van der Waals surface area contributed by atoms with Crippen LogP contribution in [0.5, 0.6) is 5.75 Å². The van der Waals surface area contributed by atoms with Gasteiger partial charge in [0, 0.05) is 24.6 Å². The smallest absolute Gasteiger partial charge is 0.416 e. The third-order valence-electron chi connectivity index (χ3n) is 7.77. The van der Waals surface area contributed by atoms with E-state index in [2.05, 4.69) is 5.10 Å². The van der Waals surface area contributed by atoms with Crippen molar-refractivity contribution in [1.29, 1.82) is 0 Å². The molecule has 0 spiro atoms. The Labute approximate surface area is 249 Å². The molecule has 0 unspecified atom stereocenters. The Morgan fingerprint density at radius 3 is 2.30 bits per heavy atom. The molecule has 0 bridgehead atoms. The molecule has 16 heteroatoms. The van der Waals surface area contributed by atoms with Gasteiger partial charge in [-0.3, -0.25) is 14.3 Å². The summed E-state index contributed by atoms with van der Waals surface area (Å²) < 4.78 is 115. The van der Waals surface area contributed by atoms with Crippen molar-refractivity contribution in [3.05, 3.63) is 53.4 Å². The van der Waals surface area contributed by atoms with Gasteiger partial charge in [-0.25, -0.2) is 13.1 Å².